The standard InChI is InChI=1S/C14H27N3O/c1-12-6-4-5-9-17(12)14(2,3)13(18)16-10-7-15-8-11-16/h12,15H,4-11H2,1-3H3. The number of likely N-dealkylation sites (tertiary alicyclic amines) is 1. The Hall–Kier alpha value is -0.610. The fourth-order valence-corrected chi connectivity index (χ4v) is 3.31. The van der Waals surface area contributed by atoms with Crippen molar-refractivity contribution in [2.75, 3.05) is 32.7 Å². The summed E-state index contributed by atoms with van der Waals surface area (Å²) < 4.78 is 0. The molecule has 2 aliphatic heterocycles. The summed E-state index contributed by atoms with van der Waals surface area (Å²) in [5, 5.41) is 3.30. The topological polar surface area (TPSA) is 35.6 Å². The largest absolute Gasteiger partial charge is 0.339 e. The van der Waals surface area contributed by atoms with E-state index < -0.39 is 0 Å². The summed E-state index contributed by atoms with van der Waals surface area (Å²) in [6.45, 7) is 11.1. The van der Waals surface area contributed by atoms with Gasteiger partial charge in [0.2, 0.25) is 5.91 Å². The van der Waals surface area contributed by atoms with E-state index >= 15 is 0 Å². The van der Waals surface area contributed by atoms with E-state index in [0.29, 0.717) is 11.9 Å². The minimum Gasteiger partial charge on any atom is -0.339 e. The Morgan fingerprint density at radius 3 is 2.44 bits per heavy atom. The number of nitrogens with one attached hydrogen (secondary N) is 1. The van der Waals surface area contributed by atoms with Crippen LogP contribution in [-0.4, -0.2) is 60.0 Å². The molecule has 0 saturated carbocycles. The second-order valence-electron chi connectivity index (χ2n) is 6.14. The molecular weight excluding hydrogens is 226 g/mol. The third-order valence-electron chi connectivity index (χ3n) is 4.45. The highest BCUT2D eigenvalue weighted by molar-refractivity contribution is 5.85. The lowest BCUT2D eigenvalue weighted by atomic mass is 9.92. The lowest BCUT2D eigenvalue weighted by Gasteiger charge is -2.46. The molecule has 1 amide bonds. The van der Waals surface area contributed by atoms with Gasteiger partial charge in [-0.15, -0.1) is 0 Å². The van der Waals surface area contributed by atoms with Crippen LogP contribution < -0.4 is 5.32 Å². The number of hydrogen-bond acceptors (Lipinski definition) is 3. The van der Waals surface area contributed by atoms with Gasteiger partial charge in [-0.3, -0.25) is 9.69 Å². The molecule has 2 fully saturated rings. The Bertz CT molecular complexity index is 297. The van der Waals surface area contributed by atoms with Crippen LogP contribution >= 0.6 is 0 Å². The predicted octanol–water partition coefficient (Wildman–Crippen LogP) is 1.07. The zero-order valence-electron chi connectivity index (χ0n) is 12.0. The number of piperazine rings is 1. The summed E-state index contributed by atoms with van der Waals surface area (Å²) >= 11 is 0. The van der Waals surface area contributed by atoms with Crippen LogP contribution in [0.1, 0.15) is 40.0 Å². The highest BCUT2D eigenvalue weighted by Gasteiger charge is 2.40. The van der Waals surface area contributed by atoms with Crippen molar-refractivity contribution in [3.8, 4) is 0 Å². The van der Waals surface area contributed by atoms with Gasteiger partial charge in [-0.05, 0) is 40.2 Å². The number of hydrogen-bond donors (Lipinski definition) is 1. The first-order chi connectivity index (χ1) is 8.53. The molecular formula is C14H27N3O. The molecule has 1 unspecified atom stereocenters. The minimum absolute atomic E-state index is 0.303. The molecule has 18 heavy (non-hydrogen) atoms. The van der Waals surface area contributed by atoms with Crippen LogP contribution in [0.15, 0.2) is 0 Å². The second-order valence-corrected chi connectivity index (χ2v) is 6.14. The Balaban J connectivity index is 2.05. The van der Waals surface area contributed by atoms with Crippen molar-refractivity contribution in [1.29, 1.82) is 0 Å². The van der Waals surface area contributed by atoms with Crippen LogP contribution in [0.5, 0.6) is 0 Å². The first-order valence-electron chi connectivity index (χ1n) is 7.30. The Morgan fingerprint density at radius 1 is 1.17 bits per heavy atom. The number of rotatable bonds is 2. The SMILES string of the molecule is CC1CCCCN1C(C)(C)C(=O)N1CCNCC1. The predicted molar refractivity (Wildman–Crippen MR) is 73.5 cm³/mol. The molecule has 4 heteroatoms. The van der Waals surface area contributed by atoms with Crippen molar-refractivity contribution in [2.45, 2.75) is 51.6 Å². The fraction of sp³-hybridized carbons (Fsp3) is 0.929. The van der Waals surface area contributed by atoms with Gasteiger partial charge in [-0.25, -0.2) is 0 Å². The van der Waals surface area contributed by atoms with E-state index in [-0.39, 0.29) is 5.54 Å². The molecule has 4 nitrogen and oxygen atoms in total. The van der Waals surface area contributed by atoms with Gasteiger partial charge in [0.15, 0.2) is 0 Å². The molecule has 1 N–H and O–H groups in total. The molecule has 0 aromatic carbocycles. The maximum atomic E-state index is 12.7. The summed E-state index contributed by atoms with van der Waals surface area (Å²) in [7, 11) is 0. The van der Waals surface area contributed by atoms with E-state index in [1.165, 1.54) is 19.3 Å². The van der Waals surface area contributed by atoms with Crippen LogP contribution in [-0.2, 0) is 4.79 Å². The van der Waals surface area contributed by atoms with Gasteiger partial charge in [-0.2, -0.15) is 0 Å². The van der Waals surface area contributed by atoms with Crippen LogP contribution in [0, 0.1) is 0 Å². The zero-order valence-corrected chi connectivity index (χ0v) is 12.0. The molecule has 104 valence electrons. The number of carbonyl (C=O) groups excluding carboxylic acids is 1. The normalized spacial score (nSPS) is 27.3. The van der Waals surface area contributed by atoms with Crippen LogP contribution in [0.2, 0.25) is 0 Å². The van der Waals surface area contributed by atoms with Crippen molar-refractivity contribution in [3.63, 3.8) is 0 Å². The van der Waals surface area contributed by atoms with Gasteiger partial charge in [-0.1, -0.05) is 6.42 Å². The van der Waals surface area contributed by atoms with E-state index in [0.717, 1.165) is 32.7 Å². The van der Waals surface area contributed by atoms with Crippen molar-refractivity contribution in [3.05, 3.63) is 0 Å². The monoisotopic (exact) mass is 253 g/mol. The number of carbonyl (C=O) groups is 1. The number of piperidine rings is 1. The molecule has 0 spiro atoms. The third-order valence-corrected chi connectivity index (χ3v) is 4.45. The molecule has 0 radical (unpaired) electrons. The quantitative estimate of drug-likeness (QED) is 0.799. The van der Waals surface area contributed by atoms with Gasteiger partial charge in [0.25, 0.3) is 0 Å². The van der Waals surface area contributed by atoms with E-state index in [1.807, 2.05) is 4.90 Å². The summed E-state index contributed by atoms with van der Waals surface area (Å²) in [4.78, 5) is 17.2. The molecule has 0 bridgehead atoms. The maximum Gasteiger partial charge on any atom is 0.242 e. The second kappa shape index (κ2) is 5.57. The molecule has 2 saturated heterocycles. The lowest BCUT2D eigenvalue weighted by Crippen LogP contribution is -2.62. The summed E-state index contributed by atoms with van der Waals surface area (Å²) in [6.07, 6.45) is 3.75. The Kier molecular flexibility index (Phi) is 4.28. The van der Waals surface area contributed by atoms with Gasteiger partial charge < -0.3 is 10.2 Å². The number of amides is 1. The fourth-order valence-electron chi connectivity index (χ4n) is 3.31. The minimum atomic E-state index is -0.350. The molecule has 2 aliphatic rings. The van der Waals surface area contributed by atoms with Crippen molar-refractivity contribution >= 4 is 5.91 Å². The summed E-state index contributed by atoms with van der Waals surface area (Å²) in [5.74, 6) is 0.303. The van der Waals surface area contributed by atoms with Crippen molar-refractivity contribution in [2.24, 2.45) is 0 Å². The Morgan fingerprint density at radius 2 is 1.83 bits per heavy atom. The average Bonchev–Trinajstić information content (AvgIpc) is 2.39. The molecule has 2 rings (SSSR count). The molecule has 0 aromatic heterocycles. The van der Waals surface area contributed by atoms with E-state index in [2.05, 4.69) is 31.0 Å². The van der Waals surface area contributed by atoms with Gasteiger partial charge in [0.1, 0.15) is 0 Å². The lowest BCUT2D eigenvalue weighted by molar-refractivity contribution is -0.145. The summed E-state index contributed by atoms with van der Waals surface area (Å²) in [6, 6.07) is 0.528. The number of nitrogens with zero attached hydrogens (tertiary/aromatic N) is 2. The highest BCUT2D eigenvalue weighted by atomic mass is 16.2. The van der Waals surface area contributed by atoms with Crippen molar-refractivity contribution < 1.29 is 4.79 Å². The van der Waals surface area contributed by atoms with E-state index in [4.69, 9.17) is 0 Å². The zero-order chi connectivity index (χ0) is 13.2. The molecule has 2 heterocycles. The van der Waals surface area contributed by atoms with E-state index in [9.17, 15) is 4.79 Å². The summed E-state index contributed by atoms with van der Waals surface area (Å²) in [5.41, 5.74) is -0.350. The van der Waals surface area contributed by atoms with E-state index in [1.54, 1.807) is 0 Å². The van der Waals surface area contributed by atoms with Crippen molar-refractivity contribution in [1.82, 2.24) is 15.1 Å². The highest BCUT2D eigenvalue weighted by Crippen LogP contribution is 2.27. The van der Waals surface area contributed by atoms with Gasteiger partial charge >= 0.3 is 0 Å². The average molecular weight is 253 g/mol. The first-order valence-corrected chi connectivity index (χ1v) is 7.30. The van der Waals surface area contributed by atoms with Crippen LogP contribution in [0.3, 0.4) is 0 Å². The molecule has 0 aromatic rings. The van der Waals surface area contributed by atoms with Gasteiger partial charge in [0.05, 0.1) is 5.54 Å². The molecule has 0 aliphatic carbocycles. The smallest absolute Gasteiger partial charge is 0.242 e. The Labute approximate surface area is 111 Å². The first kappa shape index (κ1) is 13.8. The third kappa shape index (κ3) is 2.69. The molecule has 1 atom stereocenters. The van der Waals surface area contributed by atoms with Crippen LogP contribution in [0.4, 0.5) is 0 Å². The van der Waals surface area contributed by atoms with Crippen LogP contribution in [0.25, 0.3) is 0 Å². The van der Waals surface area contributed by atoms with Gasteiger partial charge in [0, 0.05) is 32.2 Å². The maximum absolute atomic E-state index is 12.7.